The molecule has 0 amide bonds. The first-order valence-corrected chi connectivity index (χ1v) is 48.3. The molecule has 4 aliphatic heterocycles. The van der Waals surface area contributed by atoms with Crippen LogP contribution in [0.25, 0.3) is 179 Å². The Morgan fingerprint density at radius 2 is 0.593 bits per heavy atom. The summed E-state index contributed by atoms with van der Waals surface area (Å²) in [6.07, 6.45) is 5.68. The summed E-state index contributed by atoms with van der Waals surface area (Å²) in [5, 5.41) is 45.4. The normalized spacial score (nSPS) is 11.3. The van der Waals surface area contributed by atoms with Crippen LogP contribution in [0.1, 0.15) is 21.3 Å². The number of sulfonamides is 1. The van der Waals surface area contributed by atoms with Crippen molar-refractivity contribution in [2.24, 2.45) is 0 Å². The molecule has 11 N–H and O–H groups in total. The number of hydrogen-bond donors (Lipinski definition) is 10. The Labute approximate surface area is 802 Å². The second kappa shape index (κ2) is 47.1. The number of nitrogens with one attached hydrogen (secondary N) is 3. The van der Waals surface area contributed by atoms with E-state index in [1.807, 2.05) is 208 Å². The van der Waals surface area contributed by atoms with Crippen LogP contribution in [0.2, 0.25) is 0 Å². The van der Waals surface area contributed by atoms with Crippen LogP contribution in [-0.2, 0) is 103 Å². The van der Waals surface area contributed by atoms with Gasteiger partial charge in [-0.15, -0.1) is 13.0 Å². The number of fused-ring (bicyclic) bond motifs is 40. The first kappa shape index (κ1) is 105. The van der Waals surface area contributed by atoms with Crippen molar-refractivity contribution in [1.29, 1.82) is 0 Å². The number of nitrogens with two attached hydrogens (primary N) is 1. The molecule has 135 heavy (non-hydrogen) atoms. The number of nitrogens with zero attached hydrogens (tertiary/aromatic N) is 19. The van der Waals surface area contributed by atoms with E-state index >= 15 is 0 Å². The zero-order valence-corrected chi connectivity index (χ0v) is 77.7. The number of benzene rings is 9. The first-order chi connectivity index (χ1) is 63.4. The topological polar surface area (TPSA) is 625 Å². The van der Waals surface area contributed by atoms with E-state index in [1.54, 1.807) is 12.5 Å². The van der Waals surface area contributed by atoms with Crippen molar-refractivity contribution in [3.8, 4) is 91.1 Å². The van der Waals surface area contributed by atoms with Gasteiger partial charge in [0.15, 0.2) is 0 Å². The second-order valence-electron chi connectivity index (χ2n) is 26.8. The molecule has 7 aromatic heterocycles. The van der Waals surface area contributed by atoms with Crippen LogP contribution < -0.4 is 41.0 Å². The summed E-state index contributed by atoms with van der Waals surface area (Å²) < 4.78 is 120. The molecule has 0 atom stereocenters. The van der Waals surface area contributed by atoms with Gasteiger partial charge in [0.05, 0.1) is 92.9 Å². The molecule has 0 saturated carbocycles. The van der Waals surface area contributed by atoms with Crippen LogP contribution in [0.4, 0.5) is 23.5 Å². The molecular weight excluding hydrogens is 1990 g/mol. The van der Waals surface area contributed by atoms with Crippen molar-refractivity contribution in [1.82, 2.24) is 99.4 Å². The van der Waals surface area contributed by atoms with E-state index in [0.717, 1.165) is 130 Å². The third kappa shape index (κ3) is 26.8. The summed E-state index contributed by atoms with van der Waals surface area (Å²) >= 11 is 2.38. The van der Waals surface area contributed by atoms with E-state index in [9.17, 15) is 38.2 Å². The third-order valence-corrected chi connectivity index (χ3v) is 20.6. The molecule has 0 fully saturated rings. The average Bonchev–Trinajstić information content (AvgIpc) is 1.60. The smallest absolute Gasteiger partial charge is 0.368 e. The molecule has 0 aliphatic carbocycles. The van der Waals surface area contributed by atoms with Gasteiger partial charge < -0.3 is 76.2 Å². The fraction of sp³-hybridized carbons (Fsp3) is 0.120. The van der Waals surface area contributed by atoms with Gasteiger partial charge in [-0.3, -0.25) is 13.7 Å². The van der Waals surface area contributed by atoms with Crippen LogP contribution in [0.5, 0.6) is 0 Å². The third-order valence-electron chi connectivity index (χ3n) is 17.9. The minimum atomic E-state index is -4.52. The summed E-state index contributed by atoms with van der Waals surface area (Å²) in [6, 6.07) is 67.1. The molecule has 706 valence electrons. The van der Waals surface area contributed by atoms with Crippen LogP contribution in [-0.4, -0.2) is 182 Å². The summed E-state index contributed by atoms with van der Waals surface area (Å²) in [4.78, 5) is 90.1. The molecule has 4 aliphatic rings. The summed E-state index contributed by atoms with van der Waals surface area (Å²) in [5.74, 6) is 4.12. The number of aromatic nitrogens is 19. The van der Waals surface area contributed by atoms with Crippen molar-refractivity contribution < 1.29 is 125 Å². The van der Waals surface area contributed by atoms with Crippen molar-refractivity contribution in [2.75, 3.05) is 60.7 Å². The number of rotatable bonds is 15. The van der Waals surface area contributed by atoms with Gasteiger partial charge in [0, 0.05) is 139 Å². The molecule has 0 spiro atoms. The maximum Gasteiger partial charge on any atom is 2.00 e. The number of hydrogen-bond acceptors (Lipinski definition) is 38. The van der Waals surface area contributed by atoms with E-state index in [4.69, 9.17) is 110 Å². The van der Waals surface area contributed by atoms with Gasteiger partial charge in [0.1, 0.15) is 0 Å². The molecular formula is C83H75Cu2N23O20S7. The van der Waals surface area contributed by atoms with E-state index < -0.39 is 45.3 Å². The molecule has 9 aromatic carbocycles. The average molecular weight is 2070 g/mol. The summed E-state index contributed by atoms with van der Waals surface area (Å²) in [5.41, 5.74) is 17.3. The van der Waals surface area contributed by atoms with Gasteiger partial charge in [-0.1, -0.05) is 231 Å². The van der Waals surface area contributed by atoms with E-state index in [2.05, 4.69) is 58.4 Å². The van der Waals surface area contributed by atoms with Gasteiger partial charge in [0.2, 0.25) is 27.9 Å². The van der Waals surface area contributed by atoms with E-state index in [-0.39, 0.29) is 83.1 Å². The zero-order valence-electron chi connectivity index (χ0n) is 70.1. The quantitative estimate of drug-likeness (QED) is 0.0114. The van der Waals surface area contributed by atoms with Crippen LogP contribution in [0.3, 0.4) is 0 Å². The Hall–Kier alpha value is -12.5. The fourth-order valence-corrected chi connectivity index (χ4v) is 14.5. The second-order valence-corrected chi connectivity index (χ2v) is 34.7. The largest absolute Gasteiger partial charge is 2.00 e. The van der Waals surface area contributed by atoms with Gasteiger partial charge >= 0.3 is 34.1 Å². The Balaban J connectivity index is 0.000000188. The minimum Gasteiger partial charge on any atom is -0.368 e. The Morgan fingerprint density at radius 3 is 0.815 bits per heavy atom. The SMILES string of the molecule is C.CC.CS(=O)(=O)NCCNc1nc(N)nc(Nc2cc(S(=O)(=O)O)ccc2SOOO)n1.CS(=O)(=O)O.CS(=O)(=O)O.CSOOO.CSOOO.[Cu+2].[Cu+2].c1ccc2c(c1)-c1nc-2nc2[n-]c(nc3nc(nc4[n-]c(n1)c1ccccc41)-c1ccccc1-3)c1ccccc21.c1ccc2c(c1)-c1nc-2nc2[n-]c(nc3nc(nc4[n-]c(n1)c1ccccc41)-c1ccccc1-3)c1ccccc21. The van der Waals surface area contributed by atoms with Gasteiger partial charge in [0.25, 0.3) is 30.4 Å². The zero-order chi connectivity index (χ0) is 94.0. The van der Waals surface area contributed by atoms with Crippen molar-refractivity contribution in [3.63, 3.8) is 0 Å². The molecule has 43 nitrogen and oxygen atoms in total. The summed E-state index contributed by atoms with van der Waals surface area (Å²) in [7, 11) is -15.2. The number of nitrogen functional groups attached to an aromatic ring is 1. The van der Waals surface area contributed by atoms with Crippen molar-refractivity contribution in [3.05, 3.63) is 212 Å². The van der Waals surface area contributed by atoms with Crippen LogP contribution in [0.15, 0.2) is 222 Å². The molecule has 2 radical (unpaired) electrons. The predicted molar refractivity (Wildman–Crippen MR) is 503 cm³/mol. The molecule has 16 aromatic rings. The molecule has 20 rings (SSSR count). The molecule has 16 bridgehead atoms. The Morgan fingerprint density at radius 1 is 0.348 bits per heavy atom. The van der Waals surface area contributed by atoms with Gasteiger partial charge in [-0.25, -0.2) is 48.8 Å². The standard InChI is InChI=1S/2C32H16N8.C12H17N7O8S3.C2H6.4CH4O3S.CH4.2Cu/c2*1-2-10-18-17(9-1)25-33-26(18)38-28-21-13-5-6-14-22(21)30(35-28)40-32-24-16-8-7-15-23(24)31(36-32)39-29-20-12-4-3-11-19(20)27(34-29)37-25;1-29(21,22)15-5-4-14-11-17-10(13)18-12(19-11)16-8-6-7(30(23,24)25)2-3-9(8)28-27-26-20;1-2;2*1-5(2,3)4;2*1-5-4-3-2;;;/h2*1-16H;2-3,6,15,20H,4-5H2,1H3,(H,23,24,25)(H4,13,14,16,17,18,19);1-2H3;2*1H3,(H,2,3,4);2*2H,1H3;1H4;;/q2*-2;;;;;;;;2*+2. The van der Waals surface area contributed by atoms with Gasteiger partial charge in [-0.05, 0) is 61.3 Å². The summed E-state index contributed by atoms with van der Waals surface area (Å²) in [6.45, 7) is 4.19. The molecule has 0 unspecified atom stereocenters. The van der Waals surface area contributed by atoms with Crippen LogP contribution >= 0.6 is 36.1 Å². The maximum absolute atomic E-state index is 11.4. The first-order valence-electron chi connectivity index (χ1n) is 38.2. The van der Waals surface area contributed by atoms with Crippen molar-refractivity contribution in [2.45, 2.75) is 31.1 Å². The van der Waals surface area contributed by atoms with Crippen LogP contribution in [0, 0.1) is 0 Å². The molecule has 52 heteroatoms. The van der Waals surface area contributed by atoms with E-state index in [1.165, 1.54) is 6.07 Å². The minimum absolute atomic E-state index is 0. The Bertz CT molecular complexity index is 6830. The van der Waals surface area contributed by atoms with E-state index in [0.29, 0.717) is 116 Å². The van der Waals surface area contributed by atoms with Crippen molar-refractivity contribution >= 4 is 188 Å². The Kier molecular flexibility index (Phi) is 36.5. The number of anilines is 4. The van der Waals surface area contributed by atoms with Gasteiger partial charge in [-0.2, -0.15) is 40.2 Å². The maximum atomic E-state index is 11.4. The molecule has 11 heterocycles. The molecule has 0 saturated heterocycles. The monoisotopic (exact) mass is 2060 g/mol. The predicted octanol–water partition coefficient (Wildman–Crippen LogP) is 14.1. The fourth-order valence-electron chi connectivity index (χ4n) is 12.9.